The van der Waals surface area contributed by atoms with E-state index in [4.69, 9.17) is 0 Å². The highest BCUT2D eigenvalue weighted by Gasteiger charge is 2.28. The molecule has 1 aromatic carbocycles. The fraction of sp³-hybridized carbons (Fsp3) is 0.529. The highest BCUT2D eigenvalue weighted by atomic mass is 32.2. The smallest absolute Gasteiger partial charge is 0.251 e. The molecule has 138 valence electrons. The molecule has 0 saturated carbocycles. The van der Waals surface area contributed by atoms with Crippen LogP contribution in [0.4, 0.5) is 0 Å². The van der Waals surface area contributed by atoms with Gasteiger partial charge in [-0.1, -0.05) is 17.7 Å². The van der Waals surface area contributed by atoms with Crippen LogP contribution in [-0.4, -0.2) is 56.0 Å². The van der Waals surface area contributed by atoms with Crippen LogP contribution in [0, 0.1) is 6.92 Å². The molecule has 2 amide bonds. The maximum absolute atomic E-state index is 12.3. The Hall–Kier alpha value is -1.93. The quantitative estimate of drug-likeness (QED) is 0.799. The Balaban J connectivity index is 1.90. The number of aryl methyl sites for hydroxylation is 1. The third-order valence-electron chi connectivity index (χ3n) is 4.22. The summed E-state index contributed by atoms with van der Waals surface area (Å²) < 4.78 is 24.6. The average Bonchev–Trinajstić information content (AvgIpc) is 2.54. The minimum absolute atomic E-state index is 0.241. The van der Waals surface area contributed by atoms with Crippen LogP contribution in [0.3, 0.4) is 0 Å². The van der Waals surface area contributed by atoms with Crippen LogP contribution in [0.15, 0.2) is 24.3 Å². The number of sulfonamides is 1. The molecule has 2 unspecified atom stereocenters. The second-order valence-corrected chi connectivity index (χ2v) is 8.52. The summed E-state index contributed by atoms with van der Waals surface area (Å²) in [5.74, 6) is -0.630. The van der Waals surface area contributed by atoms with E-state index in [0.29, 0.717) is 18.5 Å². The molecule has 7 nitrogen and oxygen atoms in total. The molecule has 1 heterocycles. The lowest BCUT2D eigenvalue weighted by molar-refractivity contribution is -0.123. The highest BCUT2D eigenvalue weighted by Crippen LogP contribution is 2.13. The molecule has 25 heavy (non-hydrogen) atoms. The zero-order valence-corrected chi connectivity index (χ0v) is 15.6. The van der Waals surface area contributed by atoms with Crippen molar-refractivity contribution in [2.24, 2.45) is 0 Å². The number of carbonyl (C=O) groups excluding carboxylic acids is 2. The number of nitrogens with zero attached hydrogens (tertiary/aromatic N) is 1. The molecule has 8 heteroatoms. The molecule has 0 aliphatic carbocycles. The van der Waals surface area contributed by atoms with Crippen molar-refractivity contribution in [2.45, 2.75) is 38.8 Å². The first kappa shape index (κ1) is 19.4. The van der Waals surface area contributed by atoms with Crippen LogP contribution < -0.4 is 10.6 Å². The lowest BCUT2D eigenvalue weighted by Gasteiger charge is -2.32. The number of hydrogen-bond acceptors (Lipinski definition) is 4. The fourth-order valence-corrected chi connectivity index (χ4v) is 3.73. The molecule has 1 aliphatic heterocycles. The van der Waals surface area contributed by atoms with Crippen LogP contribution in [0.2, 0.25) is 0 Å². The standard InChI is InChI=1S/C17H25N3O4S/c1-12-6-4-7-14(10-12)17(22)18-13(2)16(21)19-15-8-5-9-20(11-15)25(3,23)24/h4,6-7,10,13,15H,5,8-9,11H2,1-3H3,(H,18,22)(H,19,21). The second-order valence-electron chi connectivity index (χ2n) is 6.53. The SMILES string of the molecule is Cc1cccc(C(=O)NC(C)C(=O)NC2CCCN(S(C)(=O)=O)C2)c1. The fourth-order valence-electron chi connectivity index (χ4n) is 2.82. The van der Waals surface area contributed by atoms with Crippen molar-refractivity contribution in [3.8, 4) is 0 Å². The topological polar surface area (TPSA) is 95.6 Å². The number of amides is 2. The van der Waals surface area contributed by atoms with Crippen LogP contribution in [0.1, 0.15) is 35.7 Å². The summed E-state index contributed by atoms with van der Waals surface area (Å²) in [6.45, 7) is 4.25. The zero-order chi connectivity index (χ0) is 18.6. The molecule has 2 rings (SSSR count). The van der Waals surface area contributed by atoms with Crippen LogP contribution in [0.5, 0.6) is 0 Å². The maximum Gasteiger partial charge on any atom is 0.251 e. The number of piperidine rings is 1. The number of nitrogens with one attached hydrogen (secondary N) is 2. The zero-order valence-electron chi connectivity index (χ0n) is 14.8. The highest BCUT2D eigenvalue weighted by molar-refractivity contribution is 7.88. The Morgan fingerprint density at radius 1 is 1.32 bits per heavy atom. The molecule has 0 radical (unpaired) electrons. The third kappa shape index (κ3) is 5.54. The van der Waals surface area contributed by atoms with E-state index in [2.05, 4.69) is 10.6 Å². The Kier molecular flexibility index (Phi) is 6.18. The Morgan fingerprint density at radius 2 is 2.04 bits per heavy atom. The third-order valence-corrected chi connectivity index (χ3v) is 5.49. The van der Waals surface area contributed by atoms with Crippen molar-refractivity contribution in [2.75, 3.05) is 19.3 Å². The summed E-state index contributed by atoms with van der Waals surface area (Å²) in [4.78, 5) is 24.5. The summed E-state index contributed by atoms with van der Waals surface area (Å²) in [6.07, 6.45) is 2.58. The van der Waals surface area contributed by atoms with Gasteiger partial charge < -0.3 is 10.6 Å². The first-order valence-electron chi connectivity index (χ1n) is 8.30. The van der Waals surface area contributed by atoms with Gasteiger partial charge in [0.2, 0.25) is 15.9 Å². The molecular formula is C17H25N3O4S. The van der Waals surface area contributed by atoms with E-state index in [9.17, 15) is 18.0 Å². The molecule has 1 aliphatic rings. The van der Waals surface area contributed by atoms with E-state index in [-0.39, 0.29) is 24.4 Å². The Morgan fingerprint density at radius 3 is 2.68 bits per heavy atom. The summed E-state index contributed by atoms with van der Waals surface area (Å²) in [6, 6.07) is 6.18. The summed E-state index contributed by atoms with van der Waals surface area (Å²) >= 11 is 0. The molecule has 1 aromatic rings. The molecule has 2 atom stereocenters. The summed E-state index contributed by atoms with van der Waals surface area (Å²) in [5, 5.41) is 5.50. The molecule has 0 spiro atoms. The van der Waals surface area contributed by atoms with Gasteiger partial charge in [-0.3, -0.25) is 9.59 Å². The van der Waals surface area contributed by atoms with Gasteiger partial charge in [-0.15, -0.1) is 0 Å². The molecule has 1 fully saturated rings. The number of rotatable bonds is 5. The molecule has 0 aromatic heterocycles. The van der Waals surface area contributed by atoms with Gasteiger partial charge in [0.25, 0.3) is 5.91 Å². The van der Waals surface area contributed by atoms with Gasteiger partial charge in [0.1, 0.15) is 6.04 Å². The number of hydrogen-bond donors (Lipinski definition) is 2. The second kappa shape index (κ2) is 7.97. The summed E-state index contributed by atoms with van der Waals surface area (Å²) in [7, 11) is -3.26. The van der Waals surface area contributed by atoms with E-state index >= 15 is 0 Å². The van der Waals surface area contributed by atoms with Gasteiger partial charge in [-0.2, -0.15) is 0 Å². The van der Waals surface area contributed by atoms with Crippen molar-refractivity contribution in [1.82, 2.24) is 14.9 Å². The first-order chi connectivity index (χ1) is 11.7. The minimum Gasteiger partial charge on any atom is -0.350 e. The Labute approximate surface area is 148 Å². The molecule has 0 bridgehead atoms. The Bertz CT molecular complexity index is 748. The predicted molar refractivity (Wildman–Crippen MR) is 95.7 cm³/mol. The van der Waals surface area contributed by atoms with Crippen molar-refractivity contribution in [1.29, 1.82) is 0 Å². The minimum atomic E-state index is -3.26. The normalized spacial score (nSPS) is 19.9. The van der Waals surface area contributed by atoms with Gasteiger partial charge in [0.05, 0.1) is 6.26 Å². The van der Waals surface area contributed by atoms with Crippen molar-refractivity contribution in [3.63, 3.8) is 0 Å². The van der Waals surface area contributed by atoms with Crippen molar-refractivity contribution in [3.05, 3.63) is 35.4 Å². The largest absolute Gasteiger partial charge is 0.350 e. The van der Waals surface area contributed by atoms with Gasteiger partial charge >= 0.3 is 0 Å². The van der Waals surface area contributed by atoms with E-state index in [1.807, 2.05) is 13.0 Å². The van der Waals surface area contributed by atoms with Gasteiger partial charge in [-0.05, 0) is 38.8 Å². The number of benzene rings is 1. The van der Waals surface area contributed by atoms with Crippen molar-refractivity contribution < 1.29 is 18.0 Å². The molecule has 2 N–H and O–H groups in total. The van der Waals surface area contributed by atoms with E-state index in [0.717, 1.165) is 12.0 Å². The van der Waals surface area contributed by atoms with Crippen LogP contribution in [-0.2, 0) is 14.8 Å². The summed E-state index contributed by atoms with van der Waals surface area (Å²) in [5.41, 5.74) is 1.47. The van der Waals surface area contributed by atoms with Crippen molar-refractivity contribution >= 4 is 21.8 Å². The monoisotopic (exact) mass is 367 g/mol. The lowest BCUT2D eigenvalue weighted by atomic mass is 10.1. The maximum atomic E-state index is 12.3. The van der Waals surface area contributed by atoms with E-state index < -0.39 is 16.1 Å². The first-order valence-corrected chi connectivity index (χ1v) is 10.1. The van der Waals surface area contributed by atoms with Crippen LogP contribution in [0.25, 0.3) is 0 Å². The van der Waals surface area contributed by atoms with E-state index in [1.165, 1.54) is 10.6 Å². The molecular weight excluding hydrogens is 342 g/mol. The van der Waals surface area contributed by atoms with Crippen LogP contribution >= 0.6 is 0 Å². The van der Waals surface area contributed by atoms with E-state index in [1.54, 1.807) is 25.1 Å². The predicted octanol–water partition coefficient (Wildman–Crippen LogP) is 0.654. The lowest BCUT2D eigenvalue weighted by Crippen LogP contribution is -2.53. The molecule has 1 saturated heterocycles. The van der Waals surface area contributed by atoms with Gasteiger partial charge in [0.15, 0.2) is 0 Å². The van der Waals surface area contributed by atoms with Gasteiger partial charge in [0, 0.05) is 24.7 Å². The number of carbonyl (C=O) groups is 2. The average molecular weight is 367 g/mol. The van der Waals surface area contributed by atoms with Gasteiger partial charge in [-0.25, -0.2) is 12.7 Å².